The van der Waals surface area contributed by atoms with Crippen LogP contribution in [0.3, 0.4) is 0 Å². The van der Waals surface area contributed by atoms with Gasteiger partial charge < -0.3 is 14.5 Å². The molecule has 0 N–H and O–H groups in total. The maximum atomic E-state index is 12.6. The predicted octanol–water partition coefficient (Wildman–Crippen LogP) is 1.58. The van der Waals surface area contributed by atoms with Crippen LogP contribution in [0.1, 0.15) is 10.4 Å². The van der Waals surface area contributed by atoms with Crippen LogP contribution in [0.15, 0.2) is 36.9 Å². The van der Waals surface area contributed by atoms with Gasteiger partial charge in [0, 0.05) is 30.2 Å². The largest absolute Gasteiger partial charge is 0.364 e. The summed E-state index contributed by atoms with van der Waals surface area (Å²) in [6, 6.07) is 6.77. The van der Waals surface area contributed by atoms with Gasteiger partial charge in [0.05, 0.1) is 12.1 Å². The zero-order valence-electron chi connectivity index (χ0n) is 12.1. The van der Waals surface area contributed by atoms with E-state index in [9.17, 15) is 9.59 Å². The summed E-state index contributed by atoms with van der Waals surface area (Å²) in [5, 5.41) is 0.530. The highest BCUT2D eigenvalue weighted by atomic mass is 35.5. The number of carbonyl (C=O) groups excluding carboxylic acids is 2. The molecule has 0 bridgehead atoms. The summed E-state index contributed by atoms with van der Waals surface area (Å²) in [7, 11) is 0. The molecule has 0 saturated carbocycles. The maximum Gasteiger partial charge on any atom is 0.254 e. The molecule has 2 atom stereocenters. The Morgan fingerprint density at radius 3 is 3.00 bits per heavy atom. The molecule has 0 unspecified atom stereocenters. The number of rotatable bonds is 3. The Labute approximate surface area is 134 Å². The lowest BCUT2D eigenvalue weighted by molar-refractivity contribution is -0.151. The third-order valence-electron chi connectivity index (χ3n) is 4.06. The molecule has 1 aromatic rings. The Balaban J connectivity index is 1.77. The molecule has 2 aliphatic rings. The molecule has 0 aliphatic carbocycles. The first-order chi connectivity index (χ1) is 10.6. The van der Waals surface area contributed by atoms with Crippen LogP contribution in [0.2, 0.25) is 5.02 Å². The van der Waals surface area contributed by atoms with E-state index in [0.717, 1.165) is 0 Å². The molecule has 116 valence electrons. The van der Waals surface area contributed by atoms with Crippen LogP contribution in [-0.4, -0.2) is 60.0 Å². The molecule has 5 nitrogen and oxygen atoms in total. The first-order valence-electron chi connectivity index (χ1n) is 7.17. The first kappa shape index (κ1) is 15.1. The molecule has 1 aromatic carbocycles. The van der Waals surface area contributed by atoms with E-state index in [0.29, 0.717) is 30.2 Å². The Bertz CT molecular complexity index is 619. The highest BCUT2D eigenvalue weighted by molar-refractivity contribution is 6.30. The van der Waals surface area contributed by atoms with Crippen molar-refractivity contribution in [3.8, 4) is 0 Å². The molecule has 6 heteroatoms. The fourth-order valence-electron chi connectivity index (χ4n) is 3.01. The Morgan fingerprint density at radius 2 is 2.27 bits per heavy atom. The summed E-state index contributed by atoms with van der Waals surface area (Å²) >= 11 is 5.94. The Hall–Kier alpha value is -1.85. The van der Waals surface area contributed by atoms with Crippen LogP contribution < -0.4 is 0 Å². The number of likely N-dealkylation sites (tertiary alicyclic amines) is 1. The quantitative estimate of drug-likeness (QED) is 0.795. The van der Waals surface area contributed by atoms with E-state index in [1.165, 1.54) is 0 Å². The monoisotopic (exact) mass is 320 g/mol. The molecule has 2 amide bonds. The van der Waals surface area contributed by atoms with E-state index >= 15 is 0 Å². The number of nitrogens with zero attached hydrogens (tertiary/aromatic N) is 2. The minimum Gasteiger partial charge on any atom is -0.364 e. The van der Waals surface area contributed by atoms with Crippen molar-refractivity contribution in [1.82, 2.24) is 9.80 Å². The van der Waals surface area contributed by atoms with Gasteiger partial charge in [-0.1, -0.05) is 23.7 Å². The average molecular weight is 321 g/mol. The molecule has 0 radical (unpaired) electrons. The molecular formula is C16H17ClN2O3. The third-order valence-corrected chi connectivity index (χ3v) is 4.30. The predicted molar refractivity (Wildman–Crippen MR) is 82.8 cm³/mol. The van der Waals surface area contributed by atoms with Gasteiger partial charge in [-0.25, -0.2) is 0 Å². The van der Waals surface area contributed by atoms with E-state index < -0.39 is 0 Å². The van der Waals surface area contributed by atoms with Crippen LogP contribution in [0.5, 0.6) is 0 Å². The lowest BCUT2D eigenvalue weighted by Crippen LogP contribution is -2.53. The minimum atomic E-state index is -0.138. The first-order valence-corrected chi connectivity index (χ1v) is 7.54. The third kappa shape index (κ3) is 2.74. The van der Waals surface area contributed by atoms with Gasteiger partial charge in [0.15, 0.2) is 0 Å². The molecule has 3 rings (SSSR count). The van der Waals surface area contributed by atoms with E-state index in [4.69, 9.17) is 16.3 Å². The van der Waals surface area contributed by atoms with E-state index in [1.54, 1.807) is 40.1 Å². The number of ether oxygens (including phenoxy) is 1. The maximum absolute atomic E-state index is 12.6. The summed E-state index contributed by atoms with van der Waals surface area (Å²) in [6.45, 7) is 5.17. The van der Waals surface area contributed by atoms with Gasteiger partial charge in [-0.05, 0) is 18.2 Å². The van der Waals surface area contributed by atoms with Crippen molar-refractivity contribution in [3.63, 3.8) is 0 Å². The molecule has 2 heterocycles. The fraction of sp³-hybridized carbons (Fsp3) is 0.375. The Kier molecular flexibility index (Phi) is 4.18. The average Bonchev–Trinajstić information content (AvgIpc) is 2.94. The van der Waals surface area contributed by atoms with Gasteiger partial charge in [-0.2, -0.15) is 0 Å². The lowest BCUT2D eigenvalue weighted by atomic mass is 10.1. The molecule has 2 aliphatic heterocycles. The summed E-state index contributed by atoms with van der Waals surface area (Å²) in [5.41, 5.74) is 0.549. The highest BCUT2D eigenvalue weighted by Gasteiger charge is 2.44. The van der Waals surface area contributed by atoms with Gasteiger partial charge in [0.2, 0.25) is 5.91 Å². The second-order valence-electron chi connectivity index (χ2n) is 5.47. The van der Waals surface area contributed by atoms with Crippen molar-refractivity contribution in [1.29, 1.82) is 0 Å². The minimum absolute atomic E-state index is 0.0572. The molecule has 2 fully saturated rings. The van der Waals surface area contributed by atoms with Crippen molar-refractivity contribution in [2.45, 2.75) is 12.1 Å². The lowest BCUT2D eigenvalue weighted by Gasteiger charge is -2.35. The van der Waals surface area contributed by atoms with Crippen LogP contribution in [0, 0.1) is 0 Å². The topological polar surface area (TPSA) is 49.9 Å². The van der Waals surface area contributed by atoms with Crippen LogP contribution in [-0.2, 0) is 9.53 Å². The number of benzene rings is 1. The second-order valence-corrected chi connectivity index (χ2v) is 5.91. The van der Waals surface area contributed by atoms with Crippen LogP contribution in [0.25, 0.3) is 0 Å². The van der Waals surface area contributed by atoms with Gasteiger partial charge in [0.25, 0.3) is 5.91 Å². The van der Waals surface area contributed by atoms with Crippen LogP contribution >= 0.6 is 11.6 Å². The summed E-state index contributed by atoms with van der Waals surface area (Å²) in [4.78, 5) is 28.0. The highest BCUT2D eigenvalue weighted by Crippen LogP contribution is 2.25. The van der Waals surface area contributed by atoms with E-state index in [1.807, 2.05) is 0 Å². The number of hydrogen-bond acceptors (Lipinski definition) is 3. The molecule has 0 aromatic heterocycles. The van der Waals surface area contributed by atoms with Crippen molar-refractivity contribution in [3.05, 3.63) is 47.5 Å². The number of morpholine rings is 1. The van der Waals surface area contributed by atoms with Crippen molar-refractivity contribution >= 4 is 23.4 Å². The molecule has 2 saturated heterocycles. The summed E-state index contributed by atoms with van der Waals surface area (Å²) in [5.74, 6) is -0.148. The standard InChI is InChI=1S/C16H17ClN2O3/c1-2-6-19-13-8-18(9-14(13)22-10-15(19)20)16(21)11-4-3-5-12(17)7-11/h2-5,7,13-14H,1,6,8-10H2/t13-,14-/m1/s1. The van der Waals surface area contributed by atoms with Gasteiger partial charge >= 0.3 is 0 Å². The fourth-order valence-corrected chi connectivity index (χ4v) is 3.20. The number of halogens is 1. The molecule has 22 heavy (non-hydrogen) atoms. The second kappa shape index (κ2) is 6.10. The zero-order valence-corrected chi connectivity index (χ0v) is 12.8. The smallest absolute Gasteiger partial charge is 0.254 e. The summed E-state index contributed by atoms with van der Waals surface area (Å²) in [6.07, 6.45) is 1.56. The SMILES string of the molecule is C=CCN1C(=O)CO[C@@H]2CN(C(=O)c3cccc(Cl)c3)C[C@H]21. The van der Waals surface area contributed by atoms with E-state index in [2.05, 4.69) is 6.58 Å². The molecular weight excluding hydrogens is 304 g/mol. The number of hydrogen-bond donors (Lipinski definition) is 0. The number of fused-ring (bicyclic) bond motifs is 1. The number of carbonyl (C=O) groups is 2. The van der Waals surface area contributed by atoms with E-state index in [-0.39, 0.29) is 30.6 Å². The van der Waals surface area contributed by atoms with Crippen molar-refractivity contribution in [2.24, 2.45) is 0 Å². The van der Waals surface area contributed by atoms with Crippen molar-refractivity contribution < 1.29 is 14.3 Å². The van der Waals surface area contributed by atoms with Gasteiger partial charge in [0.1, 0.15) is 6.61 Å². The summed E-state index contributed by atoms with van der Waals surface area (Å²) < 4.78 is 5.59. The Morgan fingerprint density at radius 1 is 1.45 bits per heavy atom. The molecule has 0 spiro atoms. The van der Waals surface area contributed by atoms with Crippen molar-refractivity contribution in [2.75, 3.05) is 26.2 Å². The van der Waals surface area contributed by atoms with Gasteiger partial charge in [-0.3, -0.25) is 9.59 Å². The normalized spacial score (nSPS) is 24.3. The van der Waals surface area contributed by atoms with Crippen LogP contribution in [0.4, 0.5) is 0 Å². The number of amides is 2. The van der Waals surface area contributed by atoms with Gasteiger partial charge in [-0.15, -0.1) is 6.58 Å². The zero-order chi connectivity index (χ0) is 15.7.